The molecule has 0 aliphatic carbocycles. The van der Waals surface area contributed by atoms with Crippen LogP contribution >= 0.6 is 0 Å². The Kier molecular flexibility index (Phi) is 4.70. The van der Waals surface area contributed by atoms with Crippen molar-refractivity contribution in [3.63, 3.8) is 0 Å². The Bertz CT molecular complexity index is 448. The molecule has 0 amide bonds. The number of nitrogens with two attached hydrogens (primary N) is 1. The van der Waals surface area contributed by atoms with E-state index < -0.39 is 0 Å². The average molecular weight is 263 g/mol. The normalized spacial score (nSPS) is 19.3. The number of amidine groups is 1. The fourth-order valence-corrected chi connectivity index (χ4v) is 2.28. The molecule has 6 heteroatoms. The van der Waals surface area contributed by atoms with Gasteiger partial charge in [0.15, 0.2) is 5.84 Å². The van der Waals surface area contributed by atoms with E-state index in [1.807, 2.05) is 12.1 Å². The number of nitrogens with zero attached hydrogens (tertiary/aromatic N) is 4. The van der Waals surface area contributed by atoms with Crippen LogP contribution in [0.5, 0.6) is 0 Å². The summed E-state index contributed by atoms with van der Waals surface area (Å²) in [5.41, 5.74) is 7.22. The van der Waals surface area contributed by atoms with Gasteiger partial charge in [0.25, 0.3) is 0 Å². The van der Waals surface area contributed by atoms with Crippen LogP contribution in [0.15, 0.2) is 23.5 Å². The van der Waals surface area contributed by atoms with E-state index in [2.05, 4.69) is 27.0 Å². The van der Waals surface area contributed by atoms with E-state index in [1.165, 1.54) is 6.42 Å². The smallest absolute Gasteiger partial charge is 0.188 e. The van der Waals surface area contributed by atoms with Gasteiger partial charge >= 0.3 is 0 Å². The van der Waals surface area contributed by atoms with Crippen LogP contribution < -0.4 is 5.73 Å². The number of likely N-dealkylation sites (N-methyl/N-ethyl adjacent to an activating group) is 1. The molecule has 0 atom stereocenters. The first-order valence-corrected chi connectivity index (χ1v) is 6.53. The second-order valence-corrected chi connectivity index (χ2v) is 4.97. The molecule has 1 aliphatic rings. The summed E-state index contributed by atoms with van der Waals surface area (Å²) in [6, 6.07) is 3.85. The van der Waals surface area contributed by atoms with Crippen LogP contribution in [0.1, 0.15) is 17.7 Å². The SMILES string of the molecule is CN1CCCN(Cc2ccnc(C(N)=NO)c2)CC1. The van der Waals surface area contributed by atoms with Gasteiger partial charge in [-0.15, -0.1) is 0 Å². The van der Waals surface area contributed by atoms with Crippen molar-refractivity contribution in [3.8, 4) is 0 Å². The number of hydrogen-bond donors (Lipinski definition) is 2. The van der Waals surface area contributed by atoms with E-state index in [0.29, 0.717) is 5.69 Å². The van der Waals surface area contributed by atoms with E-state index in [1.54, 1.807) is 6.20 Å². The topological polar surface area (TPSA) is 78.0 Å². The summed E-state index contributed by atoms with van der Waals surface area (Å²) >= 11 is 0. The third-order valence-corrected chi connectivity index (χ3v) is 3.41. The van der Waals surface area contributed by atoms with Gasteiger partial charge in [0, 0.05) is 25.8 Å². The Morgan fingerprint density at radius 2 is 2.26 bits per heavy atom. The van der Waals surface area contributed by atoms with Gasteiger partial charge in [-0.3, -0.25) is 9.88 Å². The third kappa shape index (κ3) is 3.90. The summed E-state index contributed by atoms with van der Waals surface area (Å²) in [5.74, 6) is 0.0532. The van der Waals surface area contributed by atoms with Gasteiger partial charge in [0.1, 0.15) is 5.69 Å². The summed E-state index contributed by atoms with van der Waals surface area (Å²) in [4.78, 5) is 8.87. The molecule has 104 valence electrons. The van der Waals surface area contributed by atoms with Crippen molar-refractivity contribution in [2.45, 2.75) is 13.0 Å². The van der Waals surface area contributed by atoms with Crippen molar-refractivity contribution in [2.24, 2.45) is 10.9 Å². The molecule has 0 spiro atoms. The lowest BCUT2D eigenvalue weighted by atomic mass is 10.2. The number of pyridine rings is 1. The third-order valence-electron chi connectivity index (χ3n) is 3.41. The number of oxime groups is 1. The molecule has 0 saturated carbocycles. The first-order valence-electron chi connectivity index (χ1n) is 6.53. The fourth-order valence-electron chi connectivity index (χ4n) is 2.28. The lowest BCUT2D eigenvalue weighted by molar-refractivity contribution is 0.269. The predicted octanol–water partition coefficient (Wildman–Crippen LogP) is 0.314. The number of hydrogen-bond acceptors (Lipinski definition) is 5. The zero-order valence-corrected chi connectivity index (χ0v) is 11.3. The summed E-state index contributed by atoms with van der Waals surface area (Å²) < 4.78 is 0. The van der Waals surface area contributed by atoms with Crippen molar-refractivity contribution >= 4 is 5.84 Å². The van der Waals surface area contributed by atoms with Gasteiger partial charge < -0.3 is 15.8 Å². The van der Waals surface area contributed by atoms with Crippen LogP contribution in [0.3, 0.4) is 0 Å². The molecule has 0 bridgehead atoms. The molecule has 0 aromatic carbocycles. The number of rotatable bonds is 3. The molecular weight excluding hydrogens is 242 g/mol. The van der Waals surface area contributed by atoms with E-state index in [0.717, 1.165) is 38.3 Å². The quantitative estimate of drug-likeness (QED) is 0.355. The molecule has 0 unspecified atom stereocenters. The van der Waals surface area contributed by atoms with Gasteiger partial charge in [-0.1, -0.05) is 5.16 Å². The van der Waals surface area contributed by atoms with E-state index in [9.17, 15) is 0 Å². The number of aromatic nitrogens is 1. The van der Waals surface area contributed by atoms with Crippen LogP contribution in [0.25, 0.3) is 0 Å². The highest BCUT2D eigenvalue weighted by Gasteiger charge is 2.12. The minimum Gasteiger partial charge on any atom is -0.409 e. The van der Waals surface area contributed by atoms with Gasteiger partial charge in [-0.2, -0.15) is 0 Å². The second kappa shape index (κ2) is 6.49. The predicted molar refractivity (Wildman–Crippen MR) is 74.1 cm³/mol. The van der Waals surface area contributed by atoms with Crippen LogP contribution in [0, 0.1) is 0 Å². The van der Waals surface area contributed by atoms with Gasteiger partial charge in [0.05, 0.1) is 0 Å². The lowest BCUT2D eigenvalue weighted by Crippen LogP contribution is -2.28. The van der Waals surface area contributed by atoms with E-state index in [-0.39, 0.29) is 5.84 Å². The maximum Gasteiger partial charge on any atom is 0.188 e. The van der Waals surface area contributed by atoms with Crippen molar-refractivity contribution in [3.05, 3.63) is 29.6 Å². The summed E-state index contributed by atoms with van der Waals surface area (Å²) in [6.07, 6.45) is 2.89. The molecule has 1 fully saturated rings. The highest BCUT2D eigenvalue weighted by molar-refractivity contribution is 5.95. The molecule has 3 N–H and O–H groups in total. The molecule has 1 aliphatic heterocycles. The molecule has 19 heavy (non-hydrogen) atoms. The standard InChI is InChI=1S/C13H21N5O/c1-17-5-2-6-18(8-7-17)10-11-3-4-15-12(9-11)13(14)16-19/h3-4,9,19H,2,5-8,10H2,1H3,(H2,14,16). The molecule has 2 heterocycles. The maximum atomic E-state index is 8.67. The molecule has 1 aromatic rings. The van der Waals surface area contributed by atoms with Crippen LogP contribution in [-0.2, 0) is 6.54 Å². The molecule has 1 saturated heterocycles. The molecule has 0 radical (unpaired) electrons. The summed E-state index contributed by atoms with van der Waals surface area (Å²) in [5, 5.41) is 11.7. The molecule has 6 nitrogen and oxygen atoms in total. The Hall–Kier alpha value is -1.66. The second-order valence-electron chi connectivity index (χ2n) is 4.97. The highest BCUT2D eigenvalue weighted by Crippen LogP contribution is 2.09. The van der Waals surface area contributed by atoms with Gasteiger partial charge in [-0.05, 0) is 44.3 Å². The van der Waals surface area contributed by atoms with Crippen LogP contribution in [0.4, 0.5) is 0 Å². The van der Waals surface area contributed by atoms with Gasteiger partial charge in [-0.25, -0.2) is 0 Å². The Morgan fingerprint density at radius 1 is 1.42 bits per heavy atom. The summed E-state index contributed by atoms with van der Waals surface area (Å²) in [7, 11) is 2.16. The van der Waals surface area contributed by atoms with Crippen LogP contribution in [0.2, 0.25) is 0 Å². The Morgan fingerprint density at radius 3 is 3.05 bits per heavy atom. The van der Waals surface area contributed by atoms with Crippen molar-refractivity contribution < 1.29 is 5.21 Å². The first-order chi connectivity index (χ1) is 9.19. The lowest BCUT2D eigenvalue weighted by Gasteiger charge is -2.20. The molecule has 1 aromatic heterocycles. The minimum absolute atomic E-state index is 0.0532. The average Bonchev–Trinajstić information content (AvgIpc) is 2.63. The zero-order valence-electron chi connectivity index (χ0n) is 11.3. The van der Waals surface area contributed by atoms with E-state index >= 15 is 0 Å². The zero-order chi connectivity index (χ0) is 13.7. The molecular formula is C13H21N5O. The fraction of sp³-hybridized carbons (Fsp3) is 0.538. The van der Waals surface area contributed by atoms with Crippen LogP contribution in [-0.4, -0.2) is 59.1 Å². The van der Waals surface area contributed by atoms with Gasteiger partial charge in [0.2, 0.25) is 0 Å². The Balaban J connectivity index is 2.02. The summed E-state index contributed by atoms with van der Waals surface area (Å²) in [6.45, 7) is 5.30. The van der Waals surface area contributed by atoms with E-state index in [4.69, 9.17) is 10.9 Å². The van der Waals surface area contributed by atoms with Crippen molar-refractivity contribution in [1.29, 1.82) is 0 Å². The Labute approximate surface area is 113 Å². The monoisotopic (exact) mass is 263 g/mol. The minimum atomic E-state index is 0.0532. The van der Waals surface area contributed by atoms with Crippen molar-refractivity contribution in [1.82, 2.24) is 14.8 Å². The van der Waals surface area contributed by atoms with Crippen molar-refractivity contribution in [2.75, 3.05) is 33.2 Å². The first kappa shape index (κ1) is 13.8. The molecule has 2 rings (SSSR count). The highest BCUT2D eigenvalue weighted by atomic mass is 16.4. The maximum absolute atomic E-state index is 8.67. The largest absolute Gasteiger partial charge is 0.409 e.